The zero-order valence-corrected chi connectivity index (χ0v) is 19.3. The zero-order valence-electron chi connectivity index (χ0n) is 19.3. The van der Waals surface area contributed by atoms with Crippen LogP contribution in [-0.4, -0.2) is 24.3 Å². The number of aryl methyl sites for hydroxylation is 3. The minimum Gasteiger partial charge on any atom is -0.473 e. The van der Waals surface area contributed by atoms with Gasteiger partial charge in [0.05, 0.1) is 17.5 Å². The van der Waals surface area contributed by atoms with E-state index >= 15 is 0 Å². The summed E-state index contributed by atoms with van der Waals surface area (Å²) in [5.41, 5.74) is 5.39. The summed E-state index contributed by atoms with van der Waals surface area (Å²) in [5, 5.41) is 3.69. The van der Waals surface area contributed by atoms with Crippen LogP contribution in [0.25, 0.3) is 28.0 Å². The molecule has 0 N–H and O–H groups in total. The Balaban J connectivity index is 1.40. The number of fused-ring (bicyclic) bond motifs is 1. The van der Waals surface area contributed by atoms with Crippen molar-refractivity contribution in [1.29, 1.82) is 0 Å². The molecule has 0 unspecified atom stereocenters. The second-order valence-corrected chi connectivity index (χ2v) is 8.38. The van der Waals surface area contributed by atoms with E-state index in [-0.39, 0.29) is 6.61 Å². The van der Waals surface area contributed by atoms with Gasteiger partial charge in [0.1, 0.15) is 17.8 Å². The van der Waals surface area contributed by atoms with E-state index in [1.165, 1.54) is 4.68 Å². The van der Waals surface area contributed by atoms with Crippen molar-refractivity contribution in [3.8, 4) is 22.8 Å². The van der Waals surface area contributed by atoms with Crippen molar-refractivity contribution in [2.75, 3.05) is 0 Å². The molecule has 6 nitrogen and oxygen atoms in total. The summed E-state index contributed by atoms with van der Waals surface area (Å²) in [7, 11) is 1.92. The maximum Gasteiger partial charge on any atom is 0.435 e. The van der Waals surface area contributed by atoms with Gasteiger partial charge < -0.3 is 9.30 Å². The molecule has 0 aliphatic heterocycles. The molecule has 2 aromatic carbocycles. The summed E-state index contributed by atoms with van der Waals surface area (Å²) in [6.45, 7) is 3.86. The van der Waals surface area contributed by atoms with Crippen LogP contribution in [0.5, 0.6) is 5.88 Å². The van der Waals surface area contributed by atoms with E-state index in [0.29, 0.717) is 17.3 Å². The van der Waals surface area contributed by atoms with Gasteiger partial charge in [-0.05, 0) is 43.2 Å². The van der Waals surface area contributed by atoms with Gasteiger partial charge in [-0.1, -0.05) is 36.4 Å². The highest BCUT2D eigenvalue weighted by molar-refractivity contribution is 5.91. The number of nitrogens with zero attached hydrogens (tertiary/aromatic N) is 5. The van der Waals surface area contributed by atoms with Gasteiger partial charge in [0.15, 0.2) is 5.69 Å². The Hall–Kier alpha value is -4.14. The Morgan fingerprint density at radius 2 is 1.71 bits per heavy atom. The minimum absolute atomic E-state index is 0.246. The van der Waals surface area contributed by atoms with Crippen molar-refractivity contribution in [2.24, 2.45) is 7.05 Å². The minimum atomic E-state index is -4.48. The van der Waals surface area contributed by atoms with Gasteiger partial charge in [-0.15, -0.1) is 0 Å². The second kappa shape index (κ2) is 8.57. The van der Waals surface area contributed by atoms with Crippen molar-refractivity contribution in [1.82, 2.24) is 24.3 Å². The molecule has 0 saturated heterocycles. The van der Waals surface area contributed by atoms with E-state index in [4.69, 9.17) is 9.72 Å². The van der Waals surface area contributed by atoms with Crippen molar-refractivity contribution >= 4 is 11.0 Å². The maximum atomic E-state index is 13.0. The average Bonchev–Trinajstić information content (AvgIpc) is 3.41. The van der Waals surface area contributed by atoms with Gasteiger partial charge in [0.2, 0.25) is 5.88 Å². The lowest BCUT2D eigenvalue weighted by Gasteiger charge is -2.11. The van der Waals surface area contributed by atoms with Gasteiger partial charge in [0, 0.05) is 24.4 Å². The molecule has 5 rings (SSSR count). The number of hydrogen-bond acceptors (Lipinski definition) is 4. The summed E-state index contributed by atoms with van der Waals surface area (Å²) < 4.78 is 48.2. The number of alkyl halides is 3. The molecule has 178 valence electrons. The lowest BCUT2D eigenvalue weighted by atomic mass is 10.0. The molecule has 0 spiro atoms. The summed E-state index contributed by atoms with van der Waals surface area (Å²) in [5.74, 6) is 0.459. The standard InChI is InChI=1S/C26H22F3N5O/c1-16-6-4-5-7-20(16)24-25-21(33(3)15-30-25)13-23(31-24)35-14-18-8-10-19(11-9-18)34-17(2)12-22(32-34)26(27,28)29/h4-13,15H,14H2,1-3H3. The molecule has 0 amide bonds. The van der Waals surface area contributed by atoms with Crippen LogP contribution in [0.2, 0.25) is 0 Å². The second-order valence-electron chi connectivity index (χ2n) is 8.38. The first kappa shape index (κ1) is 22.6. The lowest BCUT2D eigenvalue weighted by molar-refractivity contribution is -0.141. The largest absolute Gasteiger partial charge is 0.473 e. The molecular weight excluding hydrogens is 455 g/mol. The molecule has 0 aliphatic carbocycles. The van der Waals surface area contributed by atoms with Crippen molar-refractivity contribution in [3.05, 3.63) is 89.5 Å². The molecule has 0 radical (unpaired) electrons. The van der Waals surface area contributed by atoms with Gasteiger partial charge in [-0.2, -0.15) is 18.3 Å². The van der Waals surface area contributed by atoms with Gasteiger partial charge in [-0.3, -0.25) is 0 Å². The van der Waals surface area contributed by atoms with Crippen LogP contribution >= 0.6 is 0 Å². The third-order valence-electron chi connectivity index (χ3n) is 5.83. The normalized spacial score (nSPS) is 11.8. The first-order valence-corrected chi connectivity index (χ1v) is 10.9. The maximum absolute atomic E-state index is 13.0. The Morgan fingerprint density at radius 1 is 0.971 bits per heavy atom. The van der Waals surface area contributed by atoms with E-state index in [1.54, 1.807) is 37.5 Å². The predicted octanol–water partition coefficient (Wildman–Crippen LogP) is 6.04. The van der Waals surface area contributed by atoms with Gasteiger partial charge in [0.25, 0.3) is 0 Å². The number of benzene rings is 2. The molecule has 5 aromatic rings. The fourth-order valence-corrected chi connectivity index (χ4v) is 3.97. The molecule has 0 bridgehead atoms. The number of ether oxygens (including phenoxy) is 1. The fraction of sp³-hybridized carbons (Fsp3) is 0.192. The van der Waals surface area contributed by atoms with E-state index in [2.05, 4.69) is 10.1 Å². The molecule has 9 heteroatoms. The van der Waals surface area contributed by atoms with Crippen LogP contribution < -0.4 is 4.74 Å². The van der Waals surface area contributed by atoms with Crippen molar-refractivity contribution < 1.29 is 17.9 Å². The smallest absolute Gasteiger partial charge is 0.435 e. The Bertz CT molecular complexity index is 1520. The lowest BCUT2D eigenvalue weighted by Crippen LogP contribution is -2.07. The fourth-order valence-electron chi connectivity index (χ4n) is 3.97. The third-order valence-corrected chi connectivity index (χ3v) is 5.83. The zero-order chi connectivity index (χ0) is 24.7. The molecule has 3 aromatic heterocycles. The highest BCUT2D eigenvalue weighted by Gasteiger charge is 2.34. The number of rotatable bonds is 5. The van der Waals surface area contributed by atoms with Gasteiger partial charge in [-0.25, -0.2) is 14.6 Å². The van der Waals surface area contributed by atoms with E-state index in [9.17, 15) is 13.2 Å². The van der Waals surface area contributed by atoms with E-state index in [0.717, 1.165) is 39.5 Å². The quantitative estimate of drug-likeness (QED) is 0.310. The first-order valence-electron chi connectivity index (χ1n) is 10.9. The van der Waals surface area contributed by atoms with Crippen LogP contribution in [0.3, 0.4) is 0 Å². The summed E-state index contributed by atoms with van der Waals surface area (Å²) in [4.78, 5) is 9.27. The first-order chi connectivity index (χ1) is 16.7. The molecule has 0 atom stereocenters. The van der Waals surface area contributed by atoms with E-state index in [1.807, 2.05) is 48.9 Å². The Labute approximate surface area is 199 Å². The van der Waals surface area contributed by atoms with Crippen LogP contribution in [0, 0.1) is 13.8 Å². The molecule has 0 fully saturated rings. The molecular formula is C26H22F3N5O. The van der Waals surface area contributed by atoms with Crippen LogP contribution in [0.4, 0.5) is 13.2 Å². The molecule has 0 aliphatic rings. The monoisotopic (exact) mass is 477 g/mol. The SMILES string of the molecule is Cc1ccccc1-c1nc(OCc2ccc(-n3nc(C(F)(F)F)cc3C)cc2)cc2c1ncn2C. The summed E-state index contributed by atoms with van der Waals surface area (Å²) >= 11 is 0. The Kier molecular flexibility index (Phi) is 5.55. The Morgan fingerprint density at radius 3 is 2.40 bits per heavy atom. The van der Waals surface area contributed by atoms with Crippen LogP contribution in [-0.2, 0) is 19.8 Å². The predicted molar refractivity (Wildman–Crippen MR) is 126 cm³/mol. The summed E-state index contributed by atoms with van der Waals surface area (Å²) in [6, 6.07) is 17.9. The van der Waals surface area contributed by atoms with E-state index < -0.39 is 11.9 Å². The van der Waals surface area contributed by atoms with Crippen LogP contribution in [0.1, 0.15) is 22.5 Å². The number of aromatic nitrogens is 5. The summed E-state index contributed by atoms with van der Waals surface area (Å²) in [6.07, 6.45) is -2.74. The molecule has 0 saturated carbocycles. The van der Waals surface area contributed by atoms with Crippen molar-refractivity contribution in [3.63, 3.8) is 0 Å². The van der Waals surface area contributed by atoms with Crippen molar-refractivity contribution in [2.45, 2.75) is 26.6 Å². The highest BCUT2D eigenvalue weighted by Crippen LogP contribution is 2.32. The third kappa shape index (κ3) is 4.37. The number of hydrogen-bond donors (Lipinski definition) is 0. The molecule has 3 heterocycles. The number of imidazole rings is 1. The van der Waals surface area contributed by atoms with Gasteiger partial charge >= 0.3 is 6.18 Å². The number of halogens is 3. The van der Waals surface area contributed by atoms with Crippen LogP contribution in [0.15, 0.2) is 67.0 Å². The topological polar surface area (TPSA) is 57.8 Å². The molecule has 35 heavy (non-hydrogen) atoms. The highest BCUT2D eigenvalue weighted by atomic mass is 19.4. The average molecular weight is 477 g/mol. The number of pyridine rings is 1.